The van der Waals surface area contributed by atoms with Crippen LogP contribution in [0.1, 0.15) is 25.5 Å². The maximum Gasteiger partial charge on any atom is 0.256 e. The van der Waals surface area contributed by atoms with Gasteiger partial charge >= 0.3 is 0 Å². The second-order valence-corrected chi connectivity index (χ2v) is 4.51. The Kier molecular flexibility index (Phi) is 2.73. The van der Waals surface area contributed by atoms with E-state index in [0.29, 0.717) is 5.96 Å². The number of carbonyl (C=O) groups excluding carboxylic acids is 1. The van der Waals surface area contributed by atoms with Crippen molar-refractivity contribution < 1.29 is 4.79 Å². The standard InChI is InChI=1S/C10H13N3OS/c1-6(2)11-10-12-8(9(14)13-10)7-3-4-15-5-7/h3-6,8H,1-2H3,(H2,11,12,13,14). The van der Waals surface area contributed by atoms with Crippen molar-refractivity contribution in [3.8, 4) is 0 Å². The molecule has 1 aromatic heterocycles. The minimum atomic E-state index is -0.377. The van der Waals surface area contributed by atoms with E-state index in [1.807, 2.05) is 30.7 Å². The zero-order chi connectivity index (χ0) is 10.8. The molecule has 0 aromatic carbocycles. The van der Waals surface area contributed by atoms with E-state index in [1.54, 1.807) is 11.3 Å². The molecule has 0 saturated heterocycles. The third-order valence-corrected chi connectivity index (χ3v) is 2.73. The van der Waals surface area contributed by atoms with Gasteiger partial charge in [-0.25, -0.2) is 4.99 Å². The molecule has 0 aliphatic carbocycles. The normalized spacial score (nSPS) is 20.3. The van der Waals surface area contributed by atoms with Gasteiger partial charge in [0.15, 0.2) is 12.0 Å². The summed E-state index contributed by atoms with van der Waals surface area (Å²) in [5.74, 6) is 0.516. The Morgan fingerprint density at radius 2 is 2.40 bits per heavy atom. The summed E-state index contributed by atoms with van der Waals surface area (Å²) in [6.07, 6.45) is 0. The van der Waals surface area contributed by atoms with E-state index in [1.165, 1.54) is 0 Å². The van der Waals surface area contributed by atoms with Crippen molar-refractivity contribution in [1.82, 2.24) is 10.6 Å². The number of nitrogens with one attached hydrogen (secondary N) is 2. The molecule has 4 nitrogen and oxygen atoms in total. The second kappa shape index (κ2) is 4.02. The third-order valence-electron chi connectivity index (χ3n) is 2.03. The first kappa shape index (κ1) is 10.2. The van der Waals surface area contributed by atoms with Crippen LogP contribution in [0.4, 0.5) is 0 Å². The highest BCUT2D eigenvalue weighted by atomic mass is 32.1. The molecule has 0 radical (unpaired) electrons. The molecular formula is C10H13N3OS. The molecule has 15 heavy (non-hydrogen) atoms. The van der Waals surface area contributed by atoms with Crippen LogP contribution < -0.4 is 10.6 Å². The molecule has 1 unspecified atom stereocenters. The highest BCUT2D eigenvalue weighted by Gasteiger charge is 2.28. The number of carbonyl (C=O) groups is 1. The smallest absolute Gasteiger partial charge is 0.256 e. The SMILES string of the molecule is CC(C)NC1=NC(c2ccsc2)C(=O)N1. The quantitative estimate of drug-likeness (QED) is 0.793. The minimum Gasteiger partial charge on any atom is -0.354 e. The van der Waals surface area contributed by atoms with Crippen LogP contribution >= 0.6 is 11.3 Å². The largest absolute Gasteiger partial charge is 0.354 e. The summed E-state index contributed by atoms with van der Waals surface area (Å²) in [4.78, 5) is 15.9. The molecule has 1 aliphatic rings. The first-order valence-electron chi connectivity index (χ1n) is 4.84. The van der Waals surface area contributed by atoms with E-state index in [0.717, 1.165) is 5.56 Å². The van der Waals surface area contributed by atoms with Gasteiger partial charge in [0, 0.05) is 6.04 Å². The van der Waals surface area contributed by atoms with Crippen LogP contribution in [-0.2, 0) is 4.79 Å². The van der Waals surface area contributed by atoms with E-state index in [-0.39, 0.29) is 18.0 Å². The van der Waals surface area contributed by atoms with Crippen LogP contribution in [0.2, 0.25) is 0 Å². The van der Waals surface area contributed by atoms with E-state index in [9.17, 15) is 4.79 Å². The summed E-state index contributed by atoms with van der Waals surface area (Å²) in [5, 5.41) is 9.71. The third kappa shape index (κ3) is 2.18. The lowest BCUT2D eigenvalue weighted by Gasteiger charge is -2.07. The number of hydrogen-bond acceptors (Lipinski definition) is 4. The summed E-state index contributed by atoms with van der Waals surface area (Å²) in [6.45, 7) is 4.01. The van der Waals surface area contributed by atoms with Gasteiger partial charge in [-0.2, -0.15) is 11.3 Å². The second-order valence-electron chi connectivity index (χ2n) is 3.73. The molecule has 1 amide bonds. The van der Waals surface area contributed by atoms with Crippen molar-refractivity contribution in [2.75, 3.05) is 0 Å². The average molecular weight is 223 g/mol. The van der Waals surface area contributed by atoms with Gasteiger partial charge in [-0.05, 0) is 36.2 Å². The number of guanidine groups is 1. The van der Waals surface area contributed by atoms with Crippen molar-refractivity contribution in [1.29, 1.82) is 0 Å². The summed E-state index contributed by atoms with van der Waals surface area (Å²) in [5.41, 5.74) is 0.957. The molecule has 1 aromatic rings. The van der Waals surface area contributed by atoms with Crippen molar-refractivity contribution in [3.05, 3.63) is 22.4 Å². The summed E-state index contributed by atoms with van der Waals surface area (Å²) in [7, 11) is 0. The lowest BCUT2D eigenvalue weighted by Crippen LogP contribution is -2.40. The van der Waals surface area contributed by atoms with Gasteiger partial charge in [0.25, 0.3) is 5.91 Å². The van der Waals surface area contributed by atoms with Crippen molar-refractivity contribution in [2.45, 2.75) is 25.9 Å². The maximum absolute atomic E-state index is 11.6. The monoisotopic (exact) mass is 223 g/mol. The fourth-order valence-corrected chi connectivity index (χ4v) is 2.09. The Morgan fingerprint density at radius 1 is 1.60 bits per heavy atom. The number of rotatable bonds is 2. The average Bonchev–Trinajstić information content (AvgIpc) is 2.72. The van der Waals surface area contributed by atoms with Crippen LogP contribution in [-0.4, -0.2) is 17.9 Å². The van der Waals surface area contributed by atoms with Gasteiger partial charge in [0.1, 0.15) is 0 Å². The topological polar surface area (TPSA) is 53.5 Å². The molecule has 0 spiro atoms. The van der Waals surface area contributed by atoms with Crippen LogP contribution in [0, 0.1) is 0 Å². The Morgan fingerprint density at radius 3 is 3.00 bits per heavy atom. The van der Waals surface area contributed by atoms with Gasteiger partial charge in [-0.1, -0.05) is 0 Å². The molecule has 5 heteroatoms. The van der Waals surface area contributed by atoms with E-state index in [2.05, 4.69) is 15.6 Å². The fraction of sp³-hybridized carbons (Fsp3) is 0.400. The molecule has 1 atom stereocenters. The van der Waals surface area contributed by atoms with Crippen molar-refractivity contribution in [3.63, 3.8) is 0 Å². The molecule has 0 fully saturated rings. The highest BCUT2D eigenvalue weighted by molar-refractivity contribution is 7.08. The van der Waals surface area contributed by atoms with Gasteiger partial charge < -0.3 is 5.32 Å². The zero-order valence-electron chi connectivity index (χ0n) is 8.65. The van der Waals surface area contributed by atoms with E-state index >= 15 is 0 Å². The molecule has 1 aliphatic heterocycles. The van der Waals surface area contributed by atoms with Crippen molar-refractivity contribution >= 4 is 23.2 Å². The van der Waals surface area contributed by atoms with E-state index in [4.69, 9.17) is 0 Å². The first-order valence-corrected chi connectivity index (χ1v) is 5.78. The fourth-order valence-electron chi connectivity index (χ4n) is 1.41. The number of nitrogens with zero attached hydrogens (tertiary/aromatic N) is 1. The predicted molar refractivity (Wildman–Crippen MR) is 60.9 cm³/mol. The van der Waals surface area contributed by atoms with Crippen LogP contribution in [0.3, 0.4) is 0 Å². The summed E-state index contributed by atoms with van der Waals surface area (Å²) < 4.78 is 0. The number of thiophene rings is 1. The van der Waals surface area contributed by atoms with Crippen LogP contribution in [0.25, 0.3) is 0 Å². The number of amides is 1. The number of hydrogen-bond donors (Lipinski definition) is 2. The molecule has 0 bridgehead atoms. The Hall–Kier alpha value is -1.36. The van der Waals surface area contributed by atoms with Gasteiger partial charge in [0.2, 0.25) is 0 Å². The van der Waals surface area contributed by atoms with Crippen molar-refractivity contribution in [2.24, 2.45) is 4.99 Å². The van der Waals surface area contributed by atoms with Gasteiger partial charge in [-0.15, -0.1) is 0 Å². The number of aliphatic imine (C=N–C) groups is 1. The van der Waals surface area contributed by atoms with Crippen LogP contribution in [0.15, 0.2) is 21.8 Å². The predicted octanol–water partition coefficient (Wildman–Crippen LogP) is 1.27. The first-order chi connectivity index (χ1) is 7.16. The Balaban J connectivity index is 2.14. The zero-order valence-corrected chi connectivity index (χ0v) is 9.47. The molecule has 2 heterocycles. The lowest BCUT2D eigenvalue weighted by molar-refractivity contribution is -0.120. The Labute approximate surface area is 92.4 Å². The summed E-state index contributed by atoms with van der Waals surface area (Å²) in [6, 6.07) is 1.82. The Bertz CT molecular complexity index is 383. The molecule has 2 N–H and O–H groups in total. The molecule has 80 valence electrons. The molecule has 2 rings (SSSR count). The molecule has 0 saturated carbocycles. The highest BCUT2D eigenvalue weighted by Crippen LogP contribution is 2.22. The van der Waals surface area contributed by atoms with Crippen LogP contribution in [0.5, 0.6) is 0 Å². The van der Waals surface area contributed by atoms with E-state index < -0.39 is 0 Å². The summed E-state index contributed by atoms with van der Waals surface area (Å²) >= 11 is 1.57. The minimum absolute atomic E-state index is 0.0587. The molecular weight excluding hydrogens is 210 g/mol. The lowest BCUT2D eigenvalue weighted by atomic mass is 10.1. The van der Waals surface area contributed by atoms with Gasteiger partial charge in [-0.3, -0.25) is 10.1 Å². The maximum atomic E-state index is 11.6. The van der Waals surface area contributed by atoms with Gasteiger partial charge in [0.05, 0.1) is 0 Å².